The summed E-state index contributed by atoms with van der Waals surface area (Å²) in [7, 11) is 2.98. The van der Waals surface area contributed by atoms with Crippen LogP contribution in [0, 0.1) is 0 Å². The van der Waals surface area contributed by atoms with E-state index in [-0.39, 0.29) is 5.97 Å². The largest absolute Gasteiger partial charge is 0.495 e. The summed E-state index contributed by atoms with van der Waals surface area (Å²) in [6.07, 6.45) is 0. The van der Waals surface area contributed by atoms with Gasteiger partial charge in [0.2, 0.25) is 0 Å². The van der Waals surface area contributed by atoms with Gasteiger partial charge >= 0.3 is 5.97 Å². The fourth-order valence-electron chi connectivity index (χ4n) is 1.74. The fraction of sp³-hybridized carbons (Fsp3) is 0.214. The highest BCUT2D eigenvalue weighted by Crippen LogP contribution is 2.27. The average Bonchev–Trinajstić information content (AvgIpc) is 2.94. The van der Waals surface area contributed by atoms with Crippen molar-refractivity contribution in [1.29, 1.82) is 0 Å². The monoisotopic (exact) mass is 338 g/mol. The molecule has 2 aromatic rings. The van der Waals surface area contributed by atoms with Crippen LogP contribution >= 0.6 is 15.9 Å². The summed E-state index contributed by atoms with van der Waals surface area (Å²) in [6.45, 7) is 0.571. The molecule has 0 atom stereocenters. The van der Waals surface area contributed by atoms with Gasteiger partial charge < -0.3 is 19.8 Å². The van der Waals surface area contributed by atoms with E-state index in [4.69, 9.17) is 4.74 Å². The van der Waals surface area contributed by atoms with Crippen LogP contribution in [0.1, 0.15) is 16.2 Å². The van der Waals surface area contributed by atoms with Crippen LogP contribution in [-0.2, 0) is 11.3 Å². The lowest BCUT2D eigenvalue weighted by molar-refractivity contribution is 0.0594. The number of methoxy groups -OCH3 is 2. The van der Waals surface area contributed by atoms with Gasteiger partial charge in [0.1, 0.15) is 11.4 Å². The van der Waals surface area contributed by atoms with Crippen molar-refractivity contribution < 1.29 is 14.3 Å². The van der Waals surface area contributed by atoms with Gasteiger partial charge in [0.25, 0.3) is 0 Å². The minimum absolute atomic E-state index is 0.374. The molecular formula is C14H15BrN2O3. The Kier molecular flexibility index (Phi) is 4.68. The summed E-state index contributed by atoms with van der Waals surface area (Å²) in [6, 6.07) is 9.29. The Morgan fingerprint density at radius 1 is 1.30 bits per heavy atom. The normalized spacial score (nSPS) is 10.2. The second kappa shape index (κ2) is 6.47. The van der Waals surface area contributed by atoms with Crippen LogP contribution in [0.2, 0.25) is 0 Å². The molecule has 6 heteroatoms. The van der Waals surface area contributed by atoms with E-state index in [0.29, 0.717) is 12.2 Å². The fourth-order valence-corrected chi connectivity index (χ4v) is 2.15. The zero-order valence-corrected chi connectivity index (χ0v) is 12.8. The number of rotatable bonds is 5. The number of aromatic nitrogens is 1. The molecule has 0 radical (unpaired) electrons. The Labute approximate surface area is 125 Å². The molecule has 1 heterocycles. The second-order valence-electron chi connectivity index (χ2n) is 4.09. The van der Waals surface area contributed by atoms with Crippen molar-refractivity contribution in [3.8, 4) is 5.75 Å². The molecule has 0 unspecified atom stereocenters. The molecule has 1 aromatic carbocycles. The van der Waals surface area contributed by atoms with Gasteiger partial charge in [-0.25, -0.2) is 4.79 Å². The smallest absolute Gasteiger partial charge is 0.354 e. The number of H-pyrrole nitrogens is 1. The summed E-state index contributed by atoms with van der Waals surface area (Å²) in [5.41, 5.74) is 2.27. The Hall–Kier alpha value is -1.95. The molecule has 20 heavy (non-hydrogen) atoms. The highest BCUT2D eigenvalue weighted by Gasteiger charge is 2.08. The molecule has 1 aromatic heterocycles. The van der Waals surface area contributed by atoms with E-state index in [9.17, 15) is 4.79 Å². The maximum absolute atomic E-state index is 11.3. The first-order valence-electron chi connectivity index (χ1n) is 5.97. The first kappa shape index (κ1) is 14.5. The average molecular weight is 339 g/mol. The lowest BCUT2D eigenvalue weighted by Crippen LogP contribution is -2.03. The SMILES string of the molecule is COC(=O)c1ccc(CNc2ccc(Br)c(OC)c2)[nH]1. The number of benzene rings is 1. The molecule has 2 rings (SSSR count). The number of hydrogen-bond acceptors (Lipinski definition) is 4. The van der Waals surface area contributed by atoms with Crippen LogP contribution in [0.5, 0.6) is 5.75 Å². The predicted octanol–water partition coefficient (Wildman–Crippen LogP) is 3.18. The third-order valence-corrected chi connectivity index (χ3v) is 3.44. The highest BCUT2D eigenvalue weighted by atomic mass is 79.9. The van der Waals surface area contributed by atoms with E-state index in [1.807, 2.05) is 24.3 Å². The van der Waals surface area contributed by atoms with Gasteiger partial charge in [-0.2, -0.15) is 0 Å². The minimum Gasteiger partial charge on any atom is -0.495 e. The quantitative estimate of drug-likeness (QED) is 0.822. The summed E-state index contributed by atoms with van der Waals surface area (Å²) in [5, 5.41) is 3.25. The highest BCUT2D eigenvalue weighted by molar-refractivity contribution is 9.10. The maximum atomic E-state index is 11.3. The molecule has 0 spiro atoms. The van der Waals surface area contributed by atoms with E-state index in [1.54, 1.807) is 13.2 Å². The molecule has 0 bridgehead atoms. The zero-order chi connectivity index (χ0) is 14.5. The predicted molar refractivity (Wildman–Crippen MR) is 80.2 cm³/mol. The van der Waals surface area contributed by atoms with Crippen LogP contribution in [0.4, 0.5) is 5.69 Å². The molecule has 2 N–H and O–H groups in total. The standard InChI is InChI=1S/C14H15BrN2O3/c1-19-13-7-9(3-5-11(13)15)16-8-10-4-6-12(17-10)14(18)20-2/h3-7,16-17H,8H2,1-2H3. The Balaban J connectivity index is 2.01. The van der Waals surface area contributed by atoms with E-state index >= 15 is 0 Å². The number of aromatic amines is 1. The van der Waals surface area contributed by atoms with E-state index in [2.05, 4.69) is 31.0 Å². The molecule has 106 valence electrons. The van der Waals surface area contributed by atoms with Crippen molar-refractivity contribution in [2.75, 3.05) is 19.5 Å². The maximum Gasteiger partial charge on any atom is 0.354 e. The number of halogens is 1. The zero-order valence-electron chi connectivity index (χ0n) is 11.2. The van der Waals surface area contributed by atoms with Crippen molar-refractivity contribution in [2.24, 2.45) is 0 Å². The number of ether oxygens (including phenoxy) is 2. The summed E-state index contributed by atoms with van der Waals surface area (Å²) in [4.78, 5) is 14.3. The van der Waals surface area contributed by atoms with E-state index in [1.165, 1.54) is 7.11 Å². The van der Waals surface area contributed by atoms with Crippen LogP contribution in [-0.4, -0.2) is 25.2 Å². The summed E-state index contributed by atoms with van der Waals surface area (Å²) in [5.74, 6) is 0.387. The third kappa shape index (κ3) is 3.33. The minimum atomic E-state index is -0.374. The summed E-state index contributed by atoms with van der Waals surface area (Å²) < 4.78 is 10.8. The first-order valence-corrected chi connectivity index (χ1v) is 6.77. The van der Waals surface area contributed by atoms with Gasteiger partial charge in [0.15, 0.2) is 0 Å². The molecule has 0 amide bonds. The molecule has 0 aliphatic carbocycles. The number of nitrogens with one attached hydrogen (secondary N) is 2. The lowest BCUT2D eigenvalue weighted by Gasteiger charge is -2.08. The van der Waals surface area contributed by atoms with Crippen molar-refractivity contribution in [1.82, 2.24) is 4.98 Å². The van der Waals surface area contributed by atoms with Crippen molar-refractivity contribution in [2.45, 2.75) is 6.54 Å². The van der Waals surface area contributed by atoms with Gasteiger partial charge in [-0.15, -0.1) is 0 Å². The summed E-state index contributed by atoms with van der Waals surface area (Å²) >= 11 is 3.40. The molecule has 0 saturated carbocycles. The van der Waals surface area contributed by atoms with Gasteiger partial charge in [-0.1, -0.05) is 0 Å². The van der Waals surface area contributed by atoms with Crippen molar-refractivity contribution >= 4 is 27.6 Å². The Morgan fingerprint density at radius 2 is 2.10 bits per heavy atom. The first-order chi connectivity index (χ1) is 9.63. The molecule has 0 fully saturated rings. The van der Waals surface area contributed by atoms with Crippen LogP contribution in [0.25, 0.3) is 0 Å². The third-order valence-electron chi connectivity index (χ3n) is 2.79. The second-order valence-corrected chi connectivity index (χ2v) is 4.95. The molecule has 5 nitrogen and oxygen atoms in total. The number of anilines is 1. The Bertz CT molecular complexity index is 610. The van der Waals surface area contributed by atoms with E-state index < -0.39 is 0 Å². The topological polar surface area (TPSA) is 63.4 Å². The van der Waals surface area contributed by atoms with Crippen molar-refractivity contribution in [3.05, 3.63) is 46.2 Å². The Morgan fingerprint density at radius 3 is 2.80 bits per heavy atom. The van der Waals surface area contributed by atoms with Crippen LogP contribution in [0.15, 0.2) is 34.8 Å². The number of carbonyl (C=O) groups is 1. The lowest BCUT2D eigenvalue weighted by atomic mass is 10.3. The van der Waals surface area contributed by atoms with Gasteiger partial charge in [0, 0.05) is 17.4 Å². The van der Waals surface area contributed by atoms with Crippen molar-refractivity contribution in [3.63, 3.8) is 0 Å². The molecule has 0 saturated heterocycles. The van der Waals surface area contributed by atoms with E-state index in [0.717, 1.165) is 21.6 Å². The van der Waals surface area contributed by atoms with Gasteiger partial charge in [-0.05, 0) is 40.2 Å². The molecular weight excluding hydrogens is 324 g/mol. The van der Waals surface area contributed by atoms with Gasteiger partial charge in [-0.3, -0.25) is 0 Å². The number of esters is 1. The van der Waals surface area contributed by atoms with Crippen LogP contribution < -0.4 is 10.1 Å². The van der Waals surface area contributed by atoms with Gasteiger partial charge in [0.05, 0.1) is 25.2 Å². The number of carbonyl (C=O) groups excluding carboxylic acids is 1. The number of hydrogen-bond donors (Lipinski definition) is 2. The molecule has 0 aliphatic heterocycles. The molecule has 0 aliphatic rings. The van der Waals surface area contributed by atoms with Crippen LogP contribution in [0.3, 0.4) is 0 Å².